The number of hydrogen-bond acceptors (Lipinski definition) is 6. The van der Waals surface area contributed by atoms with Crippen molar-refractivity contribution < 1.29 is 0 Å². The first-order valence-corrected chi connectivity index (χ1v) is 13.6. The molecule has 1 saturated carbocycles. The van der Waals surface area contributed by atoms with Crippen LogP contribution in [0.3, 0.4) is 0 Å². The summed E-state index contributed by atoms with van der Waals surface area (Å²) in [5.74, 6) is 1.20. The molecule has 38 heavy (non-hydrogen) atoms. The fraction of sp³-hybridized carbons (Fsp3) is 0.323. The molecule has 0 radical (unpaired) electrons. The van der Waals surface area contributed by atoms with Gasteiger partial charge in [0.2, 0.25) is 0 Å². The van der Waals surface area contributed by atoms with Crippen LogP contribution < -0.4 is 11.1 Å². The van der Waals surface area contributed by atoms with Gasteiger partial charge in [0.15, 0.2) is 11.5 Å². The minimum Gasteiger partial charge on any atom is -0.383 e. The van der Waals surface area contributed by atoms with Crippen LogP contribution in [0.15, 0.2) is 73.0 Å². The largest absolute Gasteiger partial charge is 0.383 e. The molecule has 0 unspecified atom stereocenters. The van der Waals surface area contributed by atoms with Crippen molar-refractivity contribution in [3.8, 4) is 17.1 Å². The second-order valence-electron chi connectivity index (χ2n) is 10.4. The highest BCUT2D eigenvalue weighted by atomic mass is 15.2. The number of imidazole rings is 1. The van der Waals surface area contributed by atoms with E-state index in [0.29, 0.717) is 11.4 Å². The van der Waals surface area contributed by atoms with Gasteiger partial charge in [-0.15, -0.1) is 0 Å². The maximum atomic E-state index is 6.32. The Bertz CT molecular complexity index is 1510. The zero-order valence-corrected chi connectivity index (χ0v) is 22.2. The lowest BCUT2D eigenvalue weighted by Crippen LogP contribution is -2.51. The Morgan fingerprint density at radius 3 is 2.68 bits per heavy atom. The van der Waals surface area contributed by atoms with Crippen LogP contribution >= 0.6 is 0 Å². The Morgan fingerprint density at radius 1 is 1.11 bits per heavy atom. The van der Waals surface area contributed by atoms with E-state index in [1.165, 1.54) is 18.4 Å². The van der Waals surface area contributed by atoms with E-state index in [0.717, 1.165) is 72.1 Å². The number of anilines is 1. The van der Waals surface area contributed by atoms with Gasteiger partial charge in [-0.2, -0.15) is 0 Å². The molecule has 1 aliphatic carbocycles. The van der Waals surface area contributed by atoms with E-state index in [1.54, 1.807) is 6.20 Å². The van der Waals surface area contributed by atoms with E-state index in [1.807, 2.05) is 31.2 Å². The van der Waals surface area contributed by atoms with Gasteiger partial charge in [0, 0.05) is 43.6 Å². The Hall–Kier alpha value is -3.81. The SMILES string of the molecule is C/C=C\C(=C/CC)c1ccc2nc(-c3cccnc3N)n(-c3ccc(CN4CCNC5(CC5)C4)cc3)c2n1. The van der Waals surface area contributed by atoms with Crippen molar-refractivity contribution >= 4 is 22.6 Å². The van der Waals surface area contributed by atoms with Crippen LogP contribution in [0.5, 0.6) is 0 Å². The molecule has 1 spiro atoms. The van der Waals surface area contributed by atoms with E-state index in [9.17, 15) is 0 Å². The molecule has 4 aromatic rings. The maximum absolute atomic E-state index is 6.32. The highest BCUT2D eigenvalue weighted by molar-refractivity contribution is 5.85. The number of benzene rings is 1. The molecular weight excluding hydrogens is 470 g/mol. The first-order valence-electron chi connectivity index (χ1n) is 13.6. The van der Waals surface area contributed by atoms with Crippen molar-refractivity contribution in [3.63, 3.8) is 0 Å². The summed E-state index contributed by atoms with van der Waals surface area (Å²) in [6.07, 6.45) is 11.6. The molecule has 1 saturated heterocycles. The van der Waals surface area contributed by atoms with Gasteiger partial charge in [0.25, 0.3) is 0 Å². The molecule has 0 bridgehead atoms. The fourth-order valence-electron chi connectivity index (χ4n) is 5.48. The van der Waals surface area contributed by atoms with Crippen LogP contribution in [-0.4, -0.2) is 49.6 Å². The van der Waals surface area contributed by atoms with Crippen molar-refractivity contribution in [1.82, 2.24) is 29.7 Å². The van der Waals surface area contributed by atoms with Crippen LogP contribution in [0.2, 0.25) is 0 Å². The summed E-state index contributed by atoms with van der Waals surface area (Å²) >= 11 is 0. The Balaban J connectivity index is 1.42. The molecule has 1 aliphatic heterocycles. The van der Waals surface area contributed by atoms with Gasteiger partial charge < -0.3 is 11.1 Å². The minimum absolute atomic E-state index is 0.383. The molecule has 6 rings (SSSR count). The lowest BCUT2D eigenvalue weighted by Gasteiger charge is -2.34. The average molecular weight is 506 g/mol. The highest BCUT2D eigenvalue weighted by Gasteiger charge is 2.45. The van der Waals surface area contributed by atoms with E-state index in [-0.39, 0.29) is 0 Å². The third kappa shape index (κ3) is 4.75. The van der Waals surface area contributed by atoms with E-state index in [4.69, 9.17) is 15.7 Å². The molecule has 1 aromatic carbocycles. The molecule has 2 fully saturated rings. The zero-order valence-electron chi connectivity index (χ0n) is 22.2. The van der Waals surface area contributed by atoms with Crippen molar-refractivity contribution in [2.24, 2.45) is 0 Å². The maximum Gasteiger partial charge on any atom is 0.165 e. The van der Waals surface area contributed by atoms with Gasteiger partial charge in [0.05, 0.1) is 11.3 Å². The number of piperazine rings is 1. The van der Waals surface area contributed by atoms with Gasteiger partial charge in [0.1, 0.15) is 11.3 Å². The number of nitrogens with two attached hydrogens (primary N) is 1. The fourth-order valence-corrected chi connectivity index (χ4v) is 5.48. The summed E-state index contributed by atoms with van der Waals surface area (Å²) in [5, 5.41) is 3.70. The number of nitrogen functional groups attached to an aromatic ring is 1. The third-order valence-corrected chi connectivity index (χ3v) is 7.56. The van der Waals surface area contributed by atoms with Crippen LogP contribution in [0.1, 0.15) is 44.4 Å². The molecule has 0 atom stereocenters. The lowest BCUT2D eigenvalue weighted by atomic mass is 10.1. The number of allylic oxidation sites excluding steroid dienone is 4. The standard InChI is InChI=1S/C31H35N7/c1-3-6-23(7-4-2)26-13-14-27-30(35-26)38(29(36-27)25-8-5-17-33-28(25)32)24-11-9-22(10-12-24)20-37-19-18-34-31(21-37)15-16-31/h3,5-14,17,34H,4,15-16,18-21H2,1-2H3,(H2,32,33)/b6-3-,23-7+. The number of nitrogens with zero attached hydrogens (tertiary/aromatic N) is 5. The summed E-state index contributed by atoms with van der Waals surface area (Å²) in [7, 11) is 0. The van der Waals surface area contributed by atoms with E-state index < -0.39 is 0 Å². The van der Waals surface area contributed by atoms with Crippen LogP contribution in [0, 0.1) is 0 Å². The second-order valence-corrected chi connectivity index (χ2v) is 10.4. The first-order chi connectivity index (χ1) is 18.6. The molecule has 3 N–H and O–H groups in total. The number of rotatable bonds is 7. The second kappa shape index (κ2) is 10.2. The van der Waals surface area contributed by atoms with Gasteiger partial charge in [-0.05, 0) is 73.7 Å². The quantitative estimate of drug-likeness (QED) is 0.329. The Morgan fingerprint density at radius 2 is 1.95 bits per heavy atom. The van der Waals surface area contributed by atoms with Crippen molar-refractivity contribution in [1.29, 1.82) is 0 Å². The summed E-state index contributed by atoms with van der Waals surface area (Å²) in [6, 6.07) is 16.7. The van der Waals surface area contributed by atoms with Gasteiger partial charge in [-0.3, -0.25) is 9.47 Å². The van der Waals surface area contributed by atoms with E-state index >= 15 is 0 Å². The number of fused-ring (bicyclic) bond motifs is 1. The number of pyridine rings is 2. The summed E-state index contributed by atoms with van der Waals surface area (Å²) in [6.45, 7) is 8.44. The molecule has 4 heterocycles. The topological polar surface area (TPSA) is 84.9 Å². The highest BCUT2D eigenvalue weighted by Crippen LogP contribution is 2.38. The monoisotopic (exact) mass is 505 g/mol. The summed E-state index contributed by atoms with van der Waals surface area (Å²) in [5.41, 5.74) is 13.5. The number of aromatic nitrogens is 4. The molecule has 7 nitrogen and oxygen atoms in total. The smallest absolute Gasteiger partial charge is 0.165 e. The summed E-state index contributed by atoms with van der Waals surface area (Å²) in [4.78, 5) is 17.0. The predicted molar refractivity (Wildman–Crippen MR) is 155 cm³/mol. The molecule has 3 aromatic heterocycles. The van der Waals surface area contributed by atoms with Crippen molar-refractivity contribution in [3.05, 3.63) is 84.2 Å². The predicted octanol–water partition coefficient (Wildman–Crippen LogP) is 5.37. The Kier molecular flexibility index (Phi) is 6.55. The van der Waals surface area contributed by atoms with Crippen LogP contribution in [0.25, 0.3) is 33.8 Å². The molecule has 7 heteroatoms. The molecular formula is C31H35N7. The normalized spacial score (nSPS) is 17.6. The van der Waals surface area contributed by atoms with Crippen LogP contribution in [0.4, 0.5) is 5.82 Å². The third-order valence-electron chi connectivity index (χ3n) is 7.56. The molecule has 194 valence electrons. The van der Waals surface area contributed by atoms with Crippen molar-refractivity contribution in [2.75, 3.05) is 25.4 Å². The number of hydrogen-bond donors (Lipinski definition) is 2. The van der Waals surface area contributed by atoms with Crippen LogP contribution in [-0.2, 0) is 6.54 Å². The molecule has 0 amide bonds. The zero-order chi connectivity index (χ0) is 26.1. The summed E-state index contributed by atoms with van der Waals surface area (Å²) < 4.78 is 2.11. The Labute approximate surface area is 224 Å². The average Bonchev–Trinajstić information content (AvgIpc) is 3.56. The van der Waals surface area contributed by atoms with Gasteiger partial charge >= 0.3 is 0 Å². The van der Waals surface area contributed by atoms with Crippen molar-refractivity contribution in [2.45, 2.75) is 45.2 Å². The first kappa shape index (κ1) is 24.5. The minimum atomic E-state index is 0.383. The van der Waals surface area contributed by atoms with Gasteiger partial charge in [-0.1, -0.05) is 37.3 Å². The molecule has 2 aliphatic rings. The van der Waals surface area contributed by atoms with Gasteiger partial charge in [-0.25, -0.2) is 15.0 Å². The van der Waals surface area contributed by atoms with E-state index in [2.05, 4.69) is 69.2 Å². The lowest BCUT2D eigenvalue weighted by molar-refractivity contribution is 0.182. The number of nitrogens with one attached hydrogen (secondary N) is 1.